The SMILES string of the molecule is Brc1ccc(-c2c3ccccc3c(-c3ccccc3)c3ccccc23)cc1.c1ccc(-c2c3ccccc3c(-c3ccc(-n4c5ccc(-c6cccc7c6oc6ccccc67)cc5c5cc(-c6cccc7c6oc6ccccc67)ccc54)cc3)c3ccccc23)cc1.c1ccc2c(c1)oc1c(-c3ccc4c(c3)-c3cc(-c5cccc6c5oc5ccccc56)ccc3C4)cccc12. The first-order valence-electron chi connectivity index (χ1n) is 44.7. The van der Waals surface area contributed by atoms with Crippen LogP contribution >= 0.6 is 15.9 Å². The van der Waals surface area contributed by atoms with Gasteiger partial charge in [-0.05, 0) is 223 Å². The monoisotopic (exact) mass is 1730 g/mol. The molecule has 0 atom stereocenters. The van der Waals surface area contributed by atoms with Gasteiger partial charge in [-0.2, -0.15) is 0 Å². The highest BCUT2D eigenvalue weighted by molar-refractivity contribution is 9.10. The highest BCUT2D eigenvalue weighted by Crippen LogP contribution is 2.51. The fourth-order valence-electron chi connectivity index (χ4n) is 21.1. The molecule has 0 fully saturated rings. The van der Waals surface area contributed by atoms with Crippen molar-refractivity contribution in [2.24, 2.45) is 0 Å². The Morgan fingerprint density at radius 1 is 0.176 bits per heavy atom. The minimum atomic E-state index is 0.897. The summed E-state index contributed by atoms with van der Waals surface area (Å²) in [4.78, 5) is 0. The van der Waals surface area contributed by atoms with Gasteiger partial charge in [-0.3, -0.25) is 0 Å². The van der Waals surface area contributed by atoms with Crippen LogP contribution in [-0.4, -0.2) is 4.57 Å². The van der Waals surface area contributed by atoms with Crippen LogP contribution in [0.2, 0.25) is 0 Å². The molecule has 0 bridgehead atoms. The lowest BCUT2D eigenvalue weighted by molar-refractivity contribution is 0.669. The van der Waals surface area contributed by atoms with E-state index in [1.807, 2.05) is 36.4 Å². The zero-order valence-electron chi connectivity index (χ0n) is 70.9. The molecule has 0 saturated carbocycles. The summed E-state index contributed by atoms with van der Waals surface area (Å²) in [5.74, 6) is 0. The summed E-state index contributed by atoms with van der Waals surface area (Å²) in [6.07, 6.45) is 0.953. The van der Waals surface area contributed by atoms with E-state index in [9.17, 15) is 0 Å². The maximum Gasteiger partial charge on any atom is 0.143 e. The number of para-hydroxylation sites is 8. The molecular weight excluding hydrogens is 1660 g/mol. The summed E-state index contributed by atoms with van der Waals surface area (Å²) in [7, 11) is 0. The Hall–Kier alpha value is -16.6. The predicted molar refractivity (Wildman–Crippen MR) is 552 cm³/mol. The fraction of sp³-hybridized carbons (Fsp3) is 0.00800. The van der Waals surface area contributed by atoms with E-state index in [1.165, 1.54) is 132 Å². The molecule has 0 radical (unpaired) electrons. The molecule has 1 aliphatic carbocycles. The molecule has 27 aromatic rings. The van der Waals surface area contributed by atoms with Crippen LogP contribution < -0.4 is 0 Å². The van der Waals surface area contributed by atoms with Gasteiger partial charge in [0.15, 0.2) is 0 Å². The molecule has 6 heteroatoms. The molecule has 0 spiro atoms. The molecule has 612 valence electrons. The lowest BCUT2D eigenvalue weighted by Crippen LogP contribution is -1.95. The maximum atomic E-state index is 6.57. The normalized spacial score (nSPS) is 12.0. The summed E-state index contributed by atoms with van der Waals surface area (Å²) in [6, 6.07) is 161. The van der Waals surface area contributed by atoms with Crippen molar-refractivity contribution < 1.29 is 17.7 Å². The maximum absolute atomic E-state index is 6.57. The topological polar surface area (TPSA) is 57.5 Å². The number of nitrogens with zero attached hydrogens (tertiary/aromatic N) is 1. The second-order valence-corrected chi connectivity index (χ2v) is 35.2. The molecule has 5 aromatic heterocycles. The molecule has 28 rings (SSSR count). The number of furan rings is 4. The molecule has 0 saturated heterocycles. The van der Waals surface area contributed by atoms with Gasteiger partial charge < -0.3 is 22.2 Å². The number of benzene rings is 22. The Bertz CT molecular complexity index is 8880. The van der Waals surface area contributed by atoms with Crippen molar-refractivity contribution in [1.82, 2.24) is 4.57 Å². The number of hydrogen-bond donors (Lipinski definition) is 0. The Morgan fingerprint density at radius 2 is 0.420 bits per heavy atom. The molecule has 1 aliphatic rings. The zero-order chi connectivity index (χ0) is 86.3. The van der Waals surface area contributed by atoms with E-state index in [-0.39, 0.29) is 0 Å². The van der Waals surface area contributed by atoms with Gasteiger partial charge in [0.1, 0.15) is 44.7 Å². The highest BCUT2D eigenvalue weighted by Gasteiger charge is 2.27. The first kappa shape index (κ1) is 75.7. The van der Waals surface area contributed by atoms with E-state index in [4.69, 9.17) is 17.7 Å². The number of halogens is 1. The number of rotatable bonds is 9. The van der Waals surface area contributed by atoms with Crippen LogP contribution in [0.25, 0.3) is 258 Å². The van der Waals surface area contributed by atoms with Gasteiger partial charge in [-0.1, -0.05) is 380 Å². The van der Waals surface area contributed by atoms with Crippen molar-refractivity contribution in [3.8, 4) is 106 Å². The Balaban J connectivity index is 0.000000115. The first-order chi connectivity index (χ1) is 64.9. The highest BCUT2D eigenvalue weighted by atomic mass is 79.9. The average molecular weight is 1740 g/mol. The van der Waals surface area contributed by atoms with E-state index in [0.717, 1.165) is 149 Å². The third-order valence-corrected chi connectivity index (χ3v) is 27.6. The predicted octanol–water partition coefficient (Wildman–Crippen LogP) is 36.0. The molecular formula is C125H76BrNO4. The Labute approximate surface area is 761 Å². The molecule has 22 aromatic carbocycles. The summed E-state index contributed by atoms with van der Waals surface area (Å²) in [5.41, 5.74) is 35.1. The van der Waals surface area contributed by atoms with Crippen LogP contribution in [0, 0.1) is 0 Å². The molecule has 0 unspecified atom stereocenters. The lowest BCUT2D eigenvalue weighted by Gasteiger charge is -2.18. The number of fused-ring (bicyclic) bond motifs is 22. The van der Waals surface area contributed by atoms with E-state index < -0.39 is 0 Å². The lowest BCUT2D eigenvalue weighted by atomic mass is 9.86. The van der Waals surface area contributed by atoms with Crippen molar-refractivity contribution in [2.75, 3.05) is 0 Å². The van der Waals surface area contributed by atoms with Crippen LogP contribution in [0.3, 0.4) is 0 Å². The van der Waals surface area contributed by atoms with Gasteiger partial charge in [0, 0.05) is 86.3 Å². The van der Waals surface area contributed by atoms with Gasteiger partial charge in [-0.15, -0.1) is 0 Å². The molecule has 0 amide bonds. The molecule has 0 N–H and O–H groups in total. The van der Waals surface area contributed by atoms with E-state index >= 15 is 0 Å². The third-order valence-electron chi connectivity index (χ3n) is 27.1. The zero-order valence-corrected chi connectivity index (χ0v) is 72.5. The summed E-state index contributed by atoms with van der Waals surface area (Å²) in [5, 5.41) is 21.6. The summed E-state index contributed by atoms with van der Waals surface area (Å²) >= 11 is 3.56. The molecule has 5 heterocycles. The van der Waals surface area contributed by atoms with E-state index in [0.29, 0.717) is 0 Å². The van der Waals surface area contributed by atoms with Crippen molar-refractivity contribution >= 4 is 169 Å². The largest absolute Gasteiger partial charge is 0.455 e. The molecule has 131 heavy (non-hydrogen) atoms. The molecule has 0 aliphatic heterocycles. The van der Waals surface area contributed by atoms with Crippen molar-refractivity contribution in [3.63, 3.8) is 0 Å². The average Bonchev–Trinajstić information content (AvgIpc) is 1.58. The van der Waals surface area contributed by atoms with Gasteiger partial charge in [-0.25, -0.2) is 0 Å². The Morgan fingerprint density at radius 3 is 0.733 bits per heavy atom. The van der Waals surface area contributed by atoms with Gasteiger partial charge in [0.05, 0.1) is 11.0 Å². The van der Waals surface area contributed by atoms with Crippen molar-refractivity contribution in [1.29, 1.82) is 0 Å². The van der Waals surface area contributed by atoms with Crippen LogP contribution in [0.4, 0.5) is 0 Å². The van der Waals surface area contributed by atoms with E-state index in [1.54, 1.807) is 0 Å². The Kier molecular flexibility index (Phi) is 17.8. The van der Waals surface area contributed by atoms with Gasteiger partial charge in [0.2, 0.25) is 0 Å². The third kappa shape index (κ3) is 12.5. The fourth-order valence-corrected chi connectivity index (χ4v) is 21.4. The quantitative estimate of drug-likeness (QED) is 0.135. The van der Waals surface area contributed by atoms with Gasteiger partial charge >= 0.3 is 0 Å². The summed E-state index contributed by atoms with van der Waals surface area (Å²) in [6.45, 7) is 0. The van der Waals surface area contributed by atoms with Crippen LogP contribution in [0.5, 0.6) is 0 Å². The summed E-state index contributed by atoms with van der Waals surface area (Å²) < 4.78 is 29.4. The van der Waals surface area contributed by atoms with Crippen LogP contribution in [-0.2, 0) is 6.42 Å². The minimum Gasteiger partial charge on any atom is -0.455 e. The smallest absolute Gasteiger partial charge is 0.143 e. The minimum absolute atomic E-state index is 0.897. The van der Waals surface area contributed by atoms with Crippen LogP contribution in [0.1, 0.15) is 11.1 Å². The number of hydrogen-bond acceptors (Lipinski definition) is 4. The first-order valence-corrected chi connectivity index (χ1v) is 45.5. The number of aromatic nitrogens is 1. The second-order valence-electron chi connectivity index (χ2n) is 34.3. The van der Waals surface area contributed by atoms with Crippen molar-refractivity contribution in [2.45, 2.75) is 6.42 Å². The van der Waals surface area contributed by atoms with Crippen molar-refractivity contribution in [3.05, 3.63) is 465 Å². The van der Waals surface area contributed by atoms with E-state index in [2.05, 4.69) is 433 Å². The molecule has 5 nitrogen and oxygen atoms in total. The van der Waals surface area contributed by atoms with Gasteiger partial charge in [0.25, 0.3) is 0 Å². The standard InChI is InChI=1S/C62H37NO2.C37H22O2.C26H17Br/c1-2-14-38(15-3-1)59-47-18-4-6-20-49(47)60(50-21-7-5-19-48(50)59)39-28-32-42(33-29-39)63-55-34-30-40(43-22-12-24-51-45-16-8-10-26-57(45)64-61(43)51)36-53(55)54-37-41(31-35-56(54)63)44-23-13-25-52-46-17-9-11-27-58(46)65-62(44)52;1-3-13-34-28(7-1)30-11-5-9-26(36(30)38-34)24-17-15-22-19-23-16-18-25(21-33(23)32(22)20-24)27-10-6-12-31-29-8-2-4-14-35(29)39-37(27)31;27-20-16-14-19(15-17-20)26-23-12-6-4-10-21(23)25(18-8-2-1-3-9-18)22-11-5-7-13-24(22)26/h1-37H;1-18,20-21H,19H2;1-17H. The second kappa shape index (κ2) is 30.9. The van der Waals surface area contributed by atoms with Crippen LogP contribution in [0.15, 0.2) is 471 Å².